The lowest BCUT2D eigenvalue weighted by molar-refractivity contribution is -0.395. The molecule has 0 saturated heterocycles. The first-order valence-corrected chi connectivity index (χ1v) is 6.98. The number of rotatable bonds is 3. The van der Waals surface area contributed by atoms with E-state index in [1.54, 1.807) is 0 Å². The molecule has 0 bridgehead atoms. The van der Waals surface area contributed by atoms with Crippen LogP contribution in [0.25, 0.3) is 5.69 Å². The second kappa shape index (κ2) is 5.47. The van der Waals surface area contributed by atoms with Crippen LogP contribution in [0.1, 0.15) is 26.3 Å². The van der Waals surface area contributed by atoms with Crippen LogP contribution in [0.2, 0.25) is 0 Å². The van der Waals surface area contributed by atoms with Gasteiger partial charge in [-0.05, 0) is 6.92 Å². The molecule has 1 aromatic heterocycles. The number of hydrogen-bond donors (Lipinski definition) is 2. The van der Waals surface area contributed by atoms with E-state index in [9.17, 15) is 34.6 Å². The third-order valence-electron chi connectivity index (χ3n) is 3.94. The number of nitro benzene ring substituents is 2. The fourth-order valence-electron chi connectivity index (χ4n) is 2.72. The monoisotopic (exact) mass is 359 g/mol. The number of aromatic nitrogens is 1. The topological polar surface area (TPSA) is 180 Å². The van der Waals surface area contributed by atoms with E-state index in [2.05, 4.69) is 0 Å². The number of nitrogens with zero attached hydrogens (tertiary/aromatic N) is 3. The first-order chi connectivity index (χ1) is 12.1. The smallest absolute Gasteiger partial charge is 0.281 e. The summed E-state index contributed by atoms with van der Waals surface area (Å²) in [5.74, 6) is -2.10. The summed E-state index contributed by atoms with van der Waals surface area (Å²) in [6, 6.07) is 2.70. The van der Waals surface area contributed by atoms with Gasteiger partial charge in [-0.2, -0.15) is 0 Å². The highest BCUT2D eigenvalue weighted by Gasteiger charge is 2.33. The van der Waals surface area contributed by atoms with Crippen molar-refractivity contribution in [2.45, 2.75) is 6.92 Å². The van der Waals surface area contributed by atoms with Crippen LogP contribution in [-0.4, -0.2) is 26.2 Å². The van der Waals surface area contributed by atoms with E-state index in [4.69, 9.17) is 5.73 Å². The maximum absolute atomic E-state index is 12.4. The minimum absolute atomic E-state index is 0.204. The fraction of sp³-hybridized carbons (Fsp3) is 0.0714. The zero-order valence-electron chi connectivity index (χ0n) is 13.0. The molecular formula is C14H9N5O7. The summed E-state index contributed by atoms with van der Waals surface area (Å²) in [6.45, 7) is 1.20. The van der Waals surface area contributed by atoms with Crippen molar-refractivity contribution in [1.82, 2.24) is 9.88 Å². The number of anilines is 1. The van der Waals surface area contributed by atoms with E-state index in [-0.39, 0.29) is 22.4 Å². The molecule has 26 heavy (non-hydrogen) atoms. The molecule has 0 saturated carbocycles. The van der Waals surface area contributed by atoms with Crippen LogP contribution < -0.4 is 16.6 Å². The van der Waals surface area contributed by atoms with Gasteiger partial charge in [0, 0.05) is 18.2 Å². The standard InChI is InChI=1S/C14H9N5O7/c1-5-8(18(23)24)2-6(3-9(5)19(25)26)17-10(20)4-7-11(12(17)15)14(22)16-13(7)21/h2-4H,15H2,1H3,(H,16,21,22). The fourth-order valence-corrected chi connectivity index (χ4v) is 2.72. The Hall–Kier alpha value is -4.09. The third-order valence-corrected chi connectivity index (χ3v) is 3.94. The van der Waals surface area contributed by atoms with Crippen LogP contribution in [0, 0.1) is 27.2 Å². The van der Waals surface area contributed by atoms with Gasteiger partial charge in [-0.1, -0.05) is 0 Å². The Labute approximate surface area is 143 Å². The number of carbonyl (C=O) groups excluding carboxylic acids is 2. The van der Waals surface area contributed by atoms with E-state index >= 15 is 0 Å². The van der Waals surface area contributed by atoms with Crippen LogP contribution in [-0.2, 0) is 0 Å². The van der Waals surface area contributed by atoms with Crippen molar-refractivity contribution in [3.8, 4) is 5.69 Å². The highest BCUT2D eigenvalue weighted by molar-refractivity contribution is 6.23. The molecule has 1 aromatic carbocycles. The van der Waals surface area contributed by atoms with Crippen LogP contribution in [0.5, 0.6) is 0 Å². The van der Waals surface area contributed by atoms with Crippen molar-refractivity contribution in [1.29, 1.82) is 0 Å². The molecule has 1 aliphatic heterocycles. The summed E-state index contributed by atoms with van der Waals surface area (Å²) in [6.07, 6.45) is 0. The number of hydrogen-bond acceptors (Lipinski definition) is 8. The molecule has 1 aliphatic rings. The molecule has 0 radical (unpaired) electrons. The third kappa shape index (κ3) is 2.28. The van der Waals surface area contributed by atoms with E-state index < -0.39 is 44.4 Å². The molecule has 0 fully saturated rings. The lowest BCUT2D eigenvalue weighted by Crippen LogP contribution is -2.24. The number of amides is 2. The van der Waals surface area contributed by atoms with E-state index in [0.717, 1.165) is 18.2 Å². The maximum atomic E-state index is 12.4. The average Bonchev–Trinajstić information content (AvgIpc) is 2.82. The van der Waals surface area contributed by atoms with Crippen LogP contribution >= 0.6 is 0 Å². The minimum Gasteiger partial charge on any atom is -0.384 e. The number of benzene rings is 1. The van der Waals surface area contributed by atoms with Gasteiger partial charge in [-0.15, -0.1) is 0 Å². The van der Waals surface area contributed by atoms with Gasteiger partial charge in [0.2, 0.25) is 0 Å². The number of imide groups is 1. The van der Waals surface area contributed by atoms with Crippen molar-refractivity contribution in [3.05, 3.63) is 65.5 Å². The summed E-state index contributed by atoms with van der Waals surface area (Å²) >= 11 is 0. The molecule has 2 aromatic rings. The molecular weight excluding hydrogens is 350 g/mol. The second-order valence-corrected chi connectivity index (χ2v) is 5.40. The SMILES string of the molecule is Cc1c([N+](=O)[O-])cc(-n2c(N)c3c(cc2=O)C(=O)NC3=O)cc1[N+](=O)[O-]. The highest BCUT2D eigenvalue weighted by atomic mass is 16.6. The Morgan fingerprint density at radius 3 is 2.04 bits per heavy atom. The van der Waals surface area contributed by atoms with Crippen molar-refractivity contribution < 1.29 is 19.4 Å². The van der Waals surface area contributed by atoms with Crippen molar-refractivity contribution >= 4 is 29.0 Å². The zero-order valence-corrected chi connectivity index (χ0v) is 13.0. The van der Waals surface area contributed by atoms with Crippen LogP contribution in [0.15, 0.2) is 23.0 Å². The predicted molar refractivity (Wildman–Crippen MR) is 86.3 cm³/mol. The van der Waals surface area contributed by atoms with Gasteiger partial charge in [0.1, 0.15) is 11.4 Å². The van der Waals surface area contributed by atoms with E-state index in [0.29, 0.717) is 4.57 Å². The van der Waals surface area contributed by atoms with Gasteiger partial charge in [0.15, 0.2) is 0 Å². The average molecular weight is 359 g/mol. The predicted octanol–water partition coefficient (Wildman–Crippen LogP) is 0.428. The number of nitrogen functional groups attached to an aromatic ring is 1. The molecule has 0 spiro atoms. The van der Waals surface area contributed by atoms with Crippen LogP contribution in [0.4, 0.5) is 17.2 Å². The van der Waals surface area contributed by atoms with Gasteiger partial charge in [0.25, 0.3) is 28.7 Å². The van der Waals surface area contributed by atoms with Gasteiger partial charge in [0.05, 0.1) is 26.7 Å². The Kier molecular flexibility index (Phi) is 3.53. The first-order valence-electron chi connectivity index (χ1n) is 6.98. The lowest BCUT2D eigenvalue weighted by atomic mass is 10.1. The second-order valence-electron chi connectivity index (χ2n) is 5.40. The summed E-state index contributed by atoms with van der Waals surface area (Å²) in [4.78, 5) is 56.6. The number of nitrogens with one attached hydrogen (secondary N) is 1. The number of nitro groups is 2. The number of nitrogens with two attached hydrogens (primary N) is 1. The Bertz CT molecular complexity index is 1070. The number of carbonyl (C=O) groups is 2. The highest BCUT2D eigenvalue weighted by Crippen LogP contribution is 2.32. The number of fused-ring (bicyclic) bond motifs is 1. The molecule has 2 amide bonds. The van der Waals surface area contributed by atoms with Gasteiger partial charge in [-0.3, -0.25) is 44.5 Å². The summed E-state index contributed by atoms with van der Waals surface area (Å²) < 4.78 is 0.705. The maximum Gasteiger partial charge on any atom is 0.281 e. The lowest BCUT2D eigenvalue weighted by Gasteiger charge is -2.12. The van der Waals surface area contributed by atoms with Crippen molar-refractivity contribution in [2.75, 3.05) is 5.73 Å². The zero-order chi connectivity index (χ0) is 19.3. The minimum atomic E-state index is -0.876. The molecule has 3 rings (SSSR count). The van der Waals surface area contributed by atoms with Gasteiger partial charge in [-0.25, -0.2) is 0 Å². The normalized spacial score (nSPS) is 12.7. The summed E-state index contributed by atoms with van der Waals surface area (Å²) in [5, 5.41) is 24.3. The van der Waals surface area contributed by atoms with E-state index in [1.807, 2.05) is 5.32 Å². The Balaban J connectivity index is 2.39. The molecule has 132 valence electrons. The molecule has 2 heterocycles. The molecule has 12 heteroatoms. The Morgan fingerprint density at radius 1 is 1.00 bits per heavy atom. The van der Waals surface area contributed by atoms with Crippen LogP contribution in [0.3, 0.4) is 0 Å². The summed E-state index contributed by atoms with van der Waals surface area (Å²) in [5.41, 5.74) is 2.77. The number of pyridine rings is 1. The van der Waals surface area contributed by atoms with Crippen molar-refractivity contribution in [3.63, 3.8) is 0 Å². The molecule has 0 aliphatic carbocycles. The molecule has 0 atom stereocenters. The van der Waals surface area contributed by atoms with Crippen molar-refractivity contribution in [2.24, 2.45) is 0 Å². The van der Waals surface area contributed by atoms with Gasteiger partial charge < -0.3 is 5.73 Å². The van der Waals surface area contributed by atoms with E-state index in [1.165, 1.54) is 6.92 Å². The molecule has 3 N–H and O–H groups in total. The molecule has 0 unspecified atom stereocenters. The molecule has 12 nitrogen and oxygen atoms in total. The summed E-state index contributed by atoms with van der Waals surface area (Å²) in [7, 11) is 0. The first kappa shape index (κ1) is 16.8. The van der Waals surface area contributed by atoms with Gasteiger partial charge >= 0.3 is 0 Å². The quantitative estimate of drug-likeness (QED) is 0.449. The largest absolute Gasteiger partial charge is 0.384 e. The Morgan fingerprint density at radius 2 is 1.54 bits per heavy atom.